The summed E-state index contributed by atoms with van der Waals surface area (Å²) in [5.74, 6) is -0.0596. The van der Waals surface area contributed by atoms with E-state index in [2.05, 4.69) is 20.5 Å². The van der Waals surface area contributed by atoms with Crippen LogP contribution >= 0.6 is 0 Å². The third-order valence-electron chi connectivity index (χ3n) is 4.07. The highest BCUT2D eigenvalue weighted by Gasteiger charge is 2.25. The summed E-state index contributed by atoms with van der Waals surface area (Å²) >= 11 is 0. The quantitative estimate of drug-likeness (QED) is 0.329. The minimum atomic E-state index is -0.522. The van der Waals surface area contributed by atoms with Crippen molar-refractivity contribution in [3.8, 4) is 11.5 Å². The molecule has 29 heavy (non-hydrogen) atoms. The largest absolute Gasteiger partial charge is 0.508 e. The predicted molar refractivity (Wildman–Crippen MR) is 109 cm³/mol. The maximum Gasteiger partial charge on any atom is 0.333 e. The molecule has 0 radical (unpaired) electrons. The van der Waals surface area contributed by atoms with Crippen molar-refractivity contribution in [2.24, 2.45) is 5.10 Å². The highest BCUT2D eigenvalue weighted by molar-refractivity contribution is 5.84. The number of nitrogens with one attached hydrogen (secondary N) is 1. The fourth-order valence-electron chi connectivity index (χ4n) is 2.62. The van der Waals surface area contributed by atoms with Gasteiger partial charge in [0, 0.05) is 24.4 Å². The zero-order valence-corrected chi connectivity index (χ0v) is 15.6. The highest BCUT2D eigenvalue weighted by Crippen LogP contribution is 2.33. The zero-order valence-electron chi connectivity index (χ0n) is 15.6. The van der Waals surface area contributed by atoms with Gasteiger partial charge in [0.1, 0.15) is 17.2 Å². The van der Waals surface area contributed by atoms with E-state index in [-0.39, 0.29) is 34.6 Å². The Morgan fingerprint density at radius 3 is 2.55 bits per heavy atom. The minimum absolute atomic E-state index is 0.0559. The molecule has 0 fully saturated rings. The van der Waals surface area contributed by atoms with E-state index in [1.54, 1.807) is 24.1 Å². The highest BCUT2D eigenvalue weighted by atomic mass is 16.6. The van der Waals surface area contributed by atoms with Crippen LogP contribution in [0.3, 0.4) is 0 Å². The van der Waals surface area contributed by atoms with Gasteiger partial charge in [0.25, 0.3) is 0 Å². The lowest BCUT2D eigenvalue weighted by Crippen LogP contribution is -2.16. The Morgan fingerprint density at radius 2 is 1.90 bits per heavy atom. The topological polar surface area (TPSA) is 137 Å². The lowest BCUT2D eigenvalue weighted by molar-refractivity contribution is -0.385. The Balaban J connectivity index is 1.93. The van der Waals surface area contributed by atoms with Crippen LogP contribution in [0.1, 0.15) is 11.3 Å². The average Bonchev–Trinajstić information content (AvgIpc) is 2.69. The lowest BCUT2D eigenvalue weighted by atomic mass is 10.2. The number of hydrogen-bond donors (Lipinski definition) is 3. The number of aryl methyl sites for hydroxylation is 1. The average molecular weight is 394 g/mol. The number of rotatable bonds is 6. The summed E-state index contributed by atoms with van der Waals surface area (Å²) in [6, 6.07) is 13.2. The Morgan fingerprint density at radius 1 is 1.17 bits per heavy atom. The number of benzene rings is 2. The van der Waals surface area contributed by atoms with Crippen LogP contribution in [-0.4, -0.2) is 38.4 Å². The number of nitrogens with zero attached hydrogens (tertiary/aromatic N) is 5. The van der Waals surface area contributed by atoms with Gasteiger partial charge in [-0.3, -0.25) is 10.1 Å². The zero-order chi connectivity index (χ0) is 21.0. The minimum Gasteiger partial charge on any atom is -0.508 e. The molecule has 3 aromatic rings. The Bertz CT molecular complexity index is 1070. The van der Waals surface area contributed by atoms with Crippen LogP contribution in [0.25, 0.3) is 0 Å². The Kier molecular flexibility index (Phi) is 5.54. The van der Waals surface area contributed by atoms with Crippen molar-refractivity contribution in [2.45, 2.75) is 6.92 Å². The van der Waals surface area contributed by atoms with Crippen molar-refractivity contribution in [1.82, 2.24) is 9.97 Å². The first kappa shape index (κ1) is 19.5. The van der Waals surface area contributed by atoms with Crippen molar-refractivity contribution in [3.63, 3.8) is 0 Å². The molecule has 1 aromatic heterocycles. The summed E-state index contributed by atoms with van der Waals surface area (Å²) in [5, 5.41) is 34.6. The SMILES string of the molecule is Cc1nc(N/N=C/c2ccc(O)cc2O)nc(N(C)c2ccccc2)c1[N+](=O)[O-]. The predicted octanol–water partition coefficient (Wildman–Crippen LogP) is 3.32. The van der Waals surface area contributed by atoms with Gasteiger partial charge in [-0.25, -0.2) is 10.4 Å². The van der Waals surface area contributed by atoms with Crippen LogP contribution in [0.15, 0.2) is 53.6 Å². The second kappa shape index (κ2) is 8.21. The van der Waals surface area contributed by atoms with Crippen LogP contribution in [0.2, 0.25) is 0 Å². The summed E-state index contributed by atoms with van der Waals surface area (Å²) in [5.41, 5.74) is 3.66. The number of aromatic nitrogens is 2. The molecule has 0 aliphatic heterocycles. The summed E-state index contributed by atoms with van der Waals surface area (Å²) in [4.78, 5) is 21.0. The second-order valence-electron chi connectivity index (χ2n) is 6.07. The molecule has 2 aromatic carbocycles. The Hall–Kier alpha value is -4.21. The number of anilines is 3. The molecule has 0 aliphatic carbocycles. The molecular weight excluding hydrogens is 376 g/mol. The molecule has 0 amide bonds. The number of phenolic OH excluding ortho intramolecular Hbond substituents is 2. The monoisotopic (exact) mass is 394 g/mol. The van der Waals surface area contributed by atoms with Gasteiger partial charge in [-0.2, -0.15) is 10.1 Å². The molecule has 0 bridgehead atoms. The van der Waals surface area contributed by atoms with Crippen LogP contribution in [0.5, 0.6) is 11.5 Å². The van der Waals surface area contributed by atoms with E-state index in [4.69, 9.17) is 0 Å². The van der Waals surface area contributed by atoms with Crippen LogP contribution in [0, 0.1) is 17.0 Å². The molecule has 3 N–H and O–H groups in total. The third kappa shape index (κ3) is 4.38. The first-order valence-electron chi connectivity index (χ1n) is 8.49. The molecule has 0 aliphatic rings. The molecule has 0 unspecified atom stereocenters. The fourth-order valence-corrected chi connectivity index (χ4v) is 2.62. The standard InChI is InChI=1S/C19H18N6O4/c1-12-17(25(28)29)18(24(2)14-6-4-3-5-7-14)22-19(21-12)23-20-11-13-8-9-15(26)10-16(13)27/h3-11,26-27H,1-2H3,(H,21,22,23)/b20-11+. The first-order chi connectivity index (χ1) is 13.9. The Labute approximate surface area is 165 Å². The van der Waals surface area contributed by atoms with E-state index < -0.39 is 4.92 Å². The van der Waals surface area contributed by atoms with Gasteiger partial charge in [0.15, 0.2) is 0 Å². The number of hydrazone groups is 1. The van der Waals surface area contributed by atoms with Crippen LogP contribution in [0.4, 0.5) is 23.1 Å². The molecule has 3 rings (SSSR count). The van der Waals surface area contributed by atoms with E-state index in [1.165, 1.54) is 31.3 Å². The summed E-state index contributed by atoms with van der Waals surface area (Å²) in [6.07, 6.45) is 1.31. The van der Waals surface area contributed by atoms with E-state index in [0.29, 0.717) is 5.56 Å². The van der Waals surface area contributed by atoms with E-state index >= 15 is 0 Å². The third-order valence-corrected chi connectivity index (χ3v) is 4.07. The molecule has 0 atom stereocenters. The lowest BCUT2D eigenvalue weighted by Gasteiger charge is -2.19. The van der Waals surface area contributed by atoms with Gasteiger partial charge in [-0.1, -0.05) is 18.2 Å². The number of phenols is 2. The molecule has 148 valence electrons. The van der Waals surface area contributed by atoms with Gasteiger partial charge in [-0.05, 0) is 31.2 Å². The smallest absolute Gasteiger partial charge is 0.333 e. The fraction of sp³-hybridized carbons (Fsp3) is 0.105. The van der Waals surface area contributed by atoms with E-state index in [9.17, 15) is 20.3 Å². The maximum absolute atomic E-state index is 11.6. The molecule has 0 saturated carbocycles. The van der Waals surface area contributed by atoms with Crippen LogP contribution < -0.4 is 10.3 Å². The molecule has 0 saturated heterocycles. The summed E-state index contributed by atoms with van der Waals surface area (Å²) in [6.45, 7) is 1.52. The van der Waals surface area contributed by atoms with Gasteiger partial charge in [0.2, 0.25) is 11.8 Å². The van der Waals surface area contributed by atoms with Gasteiger partial charge in [0.05, 0.1) is 11.1 Å². The number of nitro groups is 1. The number of hydrogen-bond acceptors (Lipinski definition) is 9. The first-order valence-corrected chi connectivity index (χ1v) is 8.49. The van der Waals surface area contributed by atoms with Crippen molar-refractivity contribution < 1.29 is 15.1 Å². The normalized spacial score (nSPS) is 10.8. The number of aromatic hydroxyl groups is 2. The van der Waals surface area contributed by atoms with Crippen molar-refractivity contribution in [2.75, 3.05) is 17.4 Å². The summed E-state index contributed by atoms with van der Waals surface area (Å²) < 4.78 is 0. The van der Waals surface area contributed by atoms with Crippen molar-refractivity contribution >= 4 is 29.4 Å². The molecule has 10 nitrogen and oxygen atoms in total. The number of para-hydroxylation sites is 1. The van der Waals surface area contributed by atoms with E-state index in [0.717, 1.165) is 5.69 Å². The maximum atomic E-state index is 11.6. The molecule has 1 heterocycles. The van der Waals surface area contributed by atoms with Crippen molar-refractivity contribution in [1.29, 1.82) is 0 Å². The van der Waals surface area contributed by atoms with Gasteiger partial charge in [-0.15, -0.1) is 0 Å². The second-order valence-corrected chi connectivity index (χ2v) is 6.07. The molecular formula is C19H18N6O4. The summed E-state index contributed by atoms with van der Waals surface area (Å²) in [7, 11) is 1.67. The molecule has 10 heteroatoms. The van der Waals surface area contributed by atoms with Gasteiger partial charge >= 0.3 is 5.69 Å². The van der Waals surface area contributed by atoms with E-state index in [1.807, 2.05) is 18.2 Å². The van der Waals surface area contributed by atoms with Crippen molar-refractivity contribution in [3.05, 3.63) is 69.9 Å². The van der Waals surface area contributed by atoms with Gasteiger partial charge < -0.3 is 15.1 Å². The molecule has 0 spiro atoms. The van der Waals surface area contributed by atoms with Crippen LogP contribution in [-0.2, 0) is 0 Å².